The van der Waals surface area contributed by atoms with Gasteiger partial charge in [0, 0.05) is 50.2 Å². The highest BCUT2D eigenvalue weighted by molar-refractivity contribution is 6.31. The van der Waals surface area contributed by atoms with E-state index in [0.717, 1.165) is 31.6 Å². The summed E-state index contributed by atoms with van der Waals surface area (Å²) in [6.07, 6.45) is 1.57. The van der Waals surface area contributed by atoms with Gasteiger partial charge in [0.05, 0.1) is 0 Å². The average Bonchev–Trinajstić information content (AvgIpc) is 3.08. The van der Waals surface area contributed by atoms with E-state index < -0.39 is 0 Å². The van der Waals surface area contributed by atoms with Gasteiger partial charge in [-0.15, -0.1) is 0 Å². The first-order valence-electron chi connectivity index (χ1n) is 9.78. The van der Waals surface area contributed by atoms with Gasteiger partial charge < -0.3 is 14.4 Å². The van der Waals surface area contributed by atoms with Gasteiger partial charge in [0.1, 0.15) is 0 Å². The zero-order chi connectivity index (χ0) is 19.5. The number of amides is 1. The van der Waals surface area contributed by atoms with Gasteiger partial charge in [-0.1, -0.05) is 42.8 Å². The zero-order valence-electron chi connectivity index (χ0n) is 16.1. The Morgan fingerprint density at radius 1 is 0.964 bits per heavy atom. The molecule has 0 N–H and O–H groups in total. The molecule has 0 radical (unpaired) electrons. The number of hydrogen-bond acceptors (Lipinski definition) is 4. The van der Waals surface area contributed by atoms with E-state index in [2.05, 4.69) is 36.1 Å². The predicted molar refractivity (Wildman–Crippen MR) is 109 cm³/mol. The molecule has 2 heterocycles. The summed E-state index contributed by atoms with van der Waals surface area (Å²) in [4.78, 5) is 16.9. The van der Waals surface area contributed by atoms with Crippen LogP contribution in [0, 0.1) is 0 Å². The number of carbonyl (C=O) groups excluding carboxylic acids is 1. The Labute approximate surface area is 170 Å². The van der Waals surface area contributed by atoms with E-state index in [-0.39, 0.29) is 12.7 Å². The summed E-state index contributed by atoms with van der Waals surface area (Å²) in [5.74, 6) is 1.52. The van der Waals surface area contributed by atoms with Crippen LogP contribution in [-0.4, -0.2) is 42.1 Å². The molecule has 0 aromatic heterocycles. The molecule has 1 amide bonds. The van der Waals surface area contributed by atoms with E-state index in [1.54, 1.807) is 6.07 Å². The highest BCUT2D eigenvalue weighted by Crippen LogP contribution is 2.37. The Balaban J connectivity index is 1.39. The van der Waals surface area contributed by atoms with Crippen LogP contribution in [0.4, 0.5) is 0 Å². The van der Waals surface area contributed by atoms with E-state index in [1.807, 2.05) is 11.0 Å². The molecule has 0 bridgehead atoms. The average molecular weight is 401 g/mol. The molecule has 2 aromatic carbocycles. The van der Waals surface area contributed by atoms with Gasteiger partial charge in [-0.3, -0.25) is 9.69 Å². The number of nitrogens with zero attached hydrogens (tertiary/aromatic N) is 2. The second-order valence-electron chi connectivity index (χ2n) is 7.31. The maximum Gasteiger partial charge on any atom is 0.231 e. The third kappa shape index (κ3) is 4.26. The van der Waals surface area contributed by atoms with Crippen molar-refractivity contribution in [2.45, 2.75) is 32.9 Å². The summed E-state index contributed by atoms with van der Waals surface area (Å²) >= 11 is 6.39. The monoisotopic (exact) mass is 400 g/mol. The highest BCUT2D eigenvalue weighted by Gasteiger charge is 2.23. The van der Waals surface area contributed by atoms with Crippen LogP contribution < -0.4 is 9.47 Å². The van der Waals surface area contributed by atoms with Gasteiger partial charge in [0.25, 0.3) is 0 Å². The minimum absolute atomic E-state index is 0.164. The van der Waals surface area contributed by atoms with Crippen LogP contribution in [0.5, 0.6) is 11.5 Å². The Kier molecular flexibility index (Phi) is 5.74. The molecule has 1 fully saturated rings. The first-order chi connectivity index (χ1) is 13.6. The van der Waals surface area contributed by atoms with E-state index >= 15 is 0 Å². The van der Waals surface area contributed by atoms with Crippen molar-refractivity contribution >= 4 is 17.5 Å². The van der Waals surface area contributed by atoms with Crippen LogP contribution in [-0.2, 0) is 24.3 Å². The predicted octanol–water partition coefficient (Wildman–Crippen LogP) is 3.87. The summed E-state index contributed by atoms with van der Waals surface area (Å²) in [6.45, 7) is 6.06. The van der Waals surface area contributed by atoms with Crippen LogP contribution in [0.2, 0.25) is 5.02 Å². The van der Waals surface area contributed by atoms with E-state index in [0.29, 0.717) is 36.0 Å². The fourth-order valence-electron chi connectivity index (χ4n) is 3.66. The maximum atomic E-state index is 12.6. The van der Waals surface area contributed by atoms with Crippen molar-refractivity contribution in [3.8, 4) is 11.5 Å². The molecule has 0 unspecified atom stereocenters. The third-order valence-corrected chi connectivity index (χ3v) is 5.77. The van der Waals surface area contributed by atoms with Gasteiger partial charge in [-0.2, -0.15) is 0 Å². The number of fused-ring (bicyclic) bond motifs is 1. The minimum atomic E-state index is 0.164. The Bertz CT molecular complexity index is 854. The van der Waals surface area contributed by atoms with Crippen LogP contribution >= 0.6 is 11.6 Å². The van der Waals surface area contributed by atoms with Crippen LogP contribution in [0.1, 0.15) is 30.0 Å². The van der Waals surface area contributed by atoms with Crippen LogP contribution in [0.15, 0.2) is 36.4 Å². The number of halogens is 1. The standard InChI is InChI=1S/C22H25ClN2O3/c1-2-16-3-5-17(6-4-16)13-24-8-7-22(26)25(10-9-24)14-18-11-20-21(12-19(18)23)28-15-27-20/h3-6,11-12H,2,7-10,13-15H2,1H3. The molecule has 2 aliphatic rings. The van der Waals surface area contributed by atoms with Gasteiger partial charge in [-0.25, -0.2) is 0 Å². The number of hydrogen-bond donors (Lipinski definition) is 0. The minimum Gasteiger partial charge on any atom is -0.454 e. The summed E-state index contributed by atoms with van der Waals surface area (Å²) in [5, 5.41) is 0.606. The van der Waals surface area contributed by atoms with E-state index in [1.165, 1.54) is 11.1 Å². The fraction of sp³-hybridized carbons (Fsp3) is 0.409. The lowest BCUT2D eigenvalue weighted by molar-refractivity contribution is -0.130. The molecule has 6 heteroatoms. The molecule has 2 aromatic rings. The normalized spacial score (nSPS) is 17.1. The molecule has 2 aliphatic heterocycles. The SMILES string of the molecule is CCc1ccc(CN2CCC(=O)N(Cc3cc4c(cc3Cl)OCO4)CC2)cc1. The molecule has 28 heavy (non-hydrogen) atoms. The van der Waals surface area contributed by atoms with Gasteiger partial charge in [0.2, 0.25) is 12.7 Å². The summed E-state index contributed by atoms with van der Waals surface area (Å²) < 4.78 is 10.8. The second kappa shape index (κ2) is 8.41. The number of ether oxygens (including phenoxy) is 2. The number of rotatable bonds is 5. The number of benzene rings is 2. The number of aryl methyl sites for hydroxylation is 1. The molecule has 5 nitrogen and oxygen atoms in total. The fourth-order valence-corrected chi connectivity index (χ4v) is 3.87. The molecule has 4 rings (SSSR count). The molecule has 0 spiro atoms. The van der Waals surface area contributed by atoms with E-state index in [9.17, 15) is 4.79 Å². The molecule has 148 valence electrons. The molecule has 0 saturated carbocycles. The summed E-state index contributed by atoms with van der Waals surface area (Å²) in [5.41, 5.74) is 3.53. The quantitative estimate of drug-likeness (QED) is 0.764. The topological polar surface area (TPSA) is 42.0 Å². The molecule has 1 saturated heterocycles. The van der Waals surface area contributed by atoms with Crippen molar-refractivity contribution in [1.29, 1.82) is 0 Å². The molecular formula is C22H25ClN2O3. The van der Waals surface area contributed by atoms with Crippen LogP contribution in [0.3, 0.4) is 0 Å². The van der Waals surface area contributed by atoms with Crippen molar-refractivity contribution in [2.24, 2.45) is 0 Å². The Morgan fingerprint density at radius 2 is 1.68 bits per heavy atom. The van der Waals surface area contributed by atoms with Crippen LogP contribution in [0.25, 0.3) is 0 Å². The smallest absolute Gasteiger partial charge is 0.231 e. The Morgan fingerprint density at radius 3 is 2.43 bits per heavy atom. The van der Waals surface area contributed by atoms with Crippen molar-refractivity contribution < 1.29 is 14.3 Å². The highest BCUT2D eigenvalue weighted by atomic mass is 35.5. The maximum absolute atomic E-state index is 12.6. The molecular weight excluding hydrogens is 376 g/mol. The first-order valence-corrected chi connectivity index (χ1v) is 10.2. The van der Waals surface area contributed by atoms with Gasteiger partial charge >= 0.3 is 0 Å². The lowest BCUT2D eigenvalue weighted by Crippen LogP contribution is -2.32. The van der Waals surface area contributed by atoms with Crippen molar-refractivity contribution in [2.75, 3.05) is 26.4 Å². The summed E-state index contributed by atoms with van der Waals surface area (Å²) in [7, 11) is 0. The van der Waals surface area contributed by atoms with Gasteiger partial charge in [0.15, 0.2) is 11.5 Å². The first kappa shape index (κ1) is 19.1. The van der Waals surface area contributed by atoms with Gasteiger partial charge in [-0.05, 0) is 29.2 Å². The second-order valence-corrected chi connectivity index (χ2v) is 7.72. The van der Waals surface area contributed by atoms with E-state index in [4.69, 9.17) is 21.1 Å². The summed E-state index contributed by atoms with van der Waals surface area (Å²) in [6, 6.07) is 12.4. The number of carbonyl (C=O) groups is 1. The molecule has 0 atom stereocenters. The third-order valence-electron chi connectivity index (χ3n) is 5.42. The van der Waals surface area contributed by atoms with Crippen molar-refractivity contribution in [3.63, 3.8) is 0 Å². The van der Waals surface area contributed by atoms with Crippen molar-refractivity contribution in [1.82, 2.24) is 9.80 Å². The molecule has 0 aliphatic carbocycles. The zero-order valence-corrected chi connectivity index (χ0v) is 16.9. The lowest BCUT2D eigenvalue weighted by Gasteiger charge is -2.23. The largest absolute Gasteiger partial charge is 0.454 e. The van der Waals surface area contributed by atoms with Crippen molar-refractivity contribution in [3.05, 3.63) is 58.1 Å². The lowest BCUT2D eigenvalue weighted by atomic mass is 10.1. The Hall–Kier alpha value is -2.24.